The van der Waals surface area contributed by atoms with E-state index < -0.39 is 0 Å². The Hall–Kier alpha value is -2.89. The van der Waals surface area contributed by atoms with Crippen molar-refractivity contribution in [2.24, 2.45) is 0 Å². The first-order valence-electron chi connectivity index (χ1n) is 7.76. The minimum atomic E-state index is -0.328. The first-order valence-corrected chi connectivity index (χ1v) is 7.76. The van der Waals surface area contributed by atoms with Crippen LogP contribution in [0.1, 0.15) is 31.7 Å². The number of anilines is 1. The van der Waals surface area contributed by atoms with Crippen LogP contribution in [0, 0.1) is 5.82 Å². The third kappa shape index (κ3) is 3.90. The van der Waals surface area contributed by atoms with Crippen LogP contribution in [-0.4, -0.2) is 10.2 Å². The van der Waals surface area contributed by atoms with Gasteiger partial charge in [0.15, 0.2) is 0 Å². The molecule has 0 spiro atoms. The molecule has 0 aliphatic heterocycles. The van der Waals surface area contributed by atoms with E-state index in [-0.39, 0.29) is 11.9 Å². The molecule has 1 aromatic heterocycles. The molecule has 1 heterocycles. The summed E-state index contributed by atoms with van der Waals surface area (Å²) in [5, 5.41) is 11.3. The highest BCUT2D eigenvalue weighted by atomic mass is 19.1. The van der Waals surface area contributed by atoms with Gasteiger partial charge < -0.3 is 14.5 Å². The van der Waals surface area contributed by atoms with E-state index in [4.69, 9.17) is 9.15 Å². The van der Waals surface area contributed by atoms with Gasteiger partial charge in [-0.25, -0.2) is 4.39 Å². The molecule has 0 fully saturated rings. The van der Waals surface area contributed by atoms with E-state index in [1.165, 1.54) is 12.1 Å². The van der Waals surface area contributed by atoms with Crippen molar-refractivity contribution in [2.75, 3.05) is 5.32 Å². The lowest BCUT2D eigenvalue weighted by Crippen LogP contribution is -2.06. The maximum atomic E-state index is 13.2. The highest BCUT2D eigenvalue weighted by molar-refractivity contribution is 5.48. The Morgan fingerprint density at radius 3 is 2.58 bits per heavy atom. The summed E-state index contributed by atoms with van der Waals surface area (Å²) in [7, 11) is 0. The van der Waals surface area contributed by atoms with Crippen molar-refractivity contribution in [3.63, 3.8) is 0 Å². The minimum Gasteiger partial charge on any atom is -0.457 e. The lowest BCUT2D eigenvalue weighted by Gasteiger charge is -2.12. The van der Waals surface area contributed by atoms with Gasteiger partial charge in [0, 0.05) is 18.2 Å². The number of halogens is 1. The summed E-state index contributed by atoms with van der Waals surface area (Å²) in [6.07, 6.45) is 0.714. The normalized spacial score (nSPS) is 12.0. The molecule has 124 valence electrons. The zero-order chi connectivity index (χ0) is 16.9. The summed E-state index contributed by atoms with van der Waals surface area (Å²) in [4.78, 5) is 0. The molecule has 2 aromatic carbocycles. The Morgan fingerprint density at radius 1 is 1.12 bits per heavy atom. The van der Waals surface area contributed by atoms with E-state index in [1.807, 2.05) is 38.1 Å². The predicted molar refractivity (Wildman–Crippen MR) is 88.6 cm³/mol. The van der Waals surface area contributed by atoms with Crippen molar-refractivity contribution < 1.29 is 13.5 Å². The molecule has 0 radical (unpaired) electrons. The Labute approximate surface area is 139 Å². The Bertz CT molecular complexity index is 802. The molecule has 0 bridgehead atoms. The Kier molecular flexibility index (Phi) is 4.74. The molecule has 1 atom stereocenters. The van der Waals surface area contributed by atoms with Crippen LogP contribution in [0.2, 0.25) is 0 Å². The van der Waals surface area contributed by atoms with Gasteiger partial charge in [-0.2, -0.15) is 0 Å². The number of hydrogen-bond donors (Lipinski definition) is 1. The van der Waals surface area contributed by atoms with E-state index in [0.717, 1.165) is 5.69 Å². The maximum absolute atomic E-state index is 13.2. The molecule has 0 unspecified atom stereocenters. The molecule has 0 aliphatic carbocycles. The van der Waals surface area contributed by atoms with Crippen molar-refractivity contribution in [1.82, 2.24) is 10.2 Å². The fraction of sp³-hybridized carbons (Fsp3) is 0.222. The number of benzene rings is 2. The summed E-state index contributed by atoms with van der Waals surface area (Å²) < 4.78 is 24.3. The molecule has 6 heteroatoms. The number of aryl methyl sites for hydroxylation is 1. The number of ether oxygens (including phenoxy) is 1. The van der Waals surface area contributed by atoms with Gasteiger partial charge in [-0.05, 0) is 43.3 Å². The second-order valence-corrected chi connectivity index (χ2v) is 5.34. The smallest absolute Gasteiger partial charge is 0.238 e. The van der Waals surface area contributed by atoms with Crippen LogP contribution in [0.4, 0.5) is 10.1 Å². The van der Waals surface area contributed by atoms with Crippen LogP contribution in [-0.2, 0) is 6.42 Å². The van der Waals surface area contributed by atoms with Crippen LogP contribution in [0.25, 0.3) is 0 Å². The van der Waals surface area contributed by atoms with Crippen LogP contribution in [0.5, 0.6) is 11.5 Å². The van der Waals surface area contributed by atoms with Gasteiger partial charge >= 0.3 is 0 Å². The lowest BCUT2D eigenvalue weighted by atomic mass is 10.2. The summed E-state index contributed by atoms with van der Waals surface area (Å²) in [6, 6.07) is 13.3. The zero-order valence-corrected chi connectivity index (χ0v) is 13.5. The molecule has 5 nitrogen and oxygen atoms in total. The van der Waals surface area contributed by atoms with Crippen LogP contribution in [0.15, 0.2) is 52.9 Å². The van der Waals surface area contributed by atoms with Crippen LogP contribution < -0.4 is 10.1 Å². The van der Waals surface area contributed by atoms with Crippen molar-refractivity contribution >= 4 is 5.69 Å². The highest BCUT2D eigenvalue weighted by Gasteiger charge is 2.13. The monoisotopic (exact) mass is 327 g/mol. The second kappa shape index (κ2) is 7.12. The fourth-order valence-electron chi connectivity index (χ4n) is 2.18. The van der Waals surface area contributed by atoms with E-state index >= 15 is 0 Å². The summed E-state index contributed by atoms with van der Waals surface area (Å²) in [5.41, 5.74) is 0.894. The van der Waals surface area contributed by atoms with Gasteiger partial charge in [-0.15, -0.1) is 10.2 Å². The maximum Gasteiger partial charge on any atom is 0.238 e. The first kappa shape index (κ1) is 16.0. The summed E-state index contributed by atoms with van der Waals surface area (Å²) in [6.45, 7) is 3.91. The van der Waals surface area contributed by atoms with Gasteiger partial charge in [-0.3, -0.25) is 0 Å². The average Bonchev–Trinajstić information content (AvgIpc) is 3.06. The van der Waals surface area contributed by atoms with E-state index in [1.54, 1.807) is 12.1 Å². The number of nitrogens with one attached hydrogen (secondary N) is 1. The number of rotatable bonds is 6. The van der Waals surface area contributed by atoms with Crippen molar-refractivity contribution in [3.05, 3.63) is 66.1 Å². The molecule has 0 saturated heterocycles. The first-order chi connectivity index (χ1) is 11.6. The molecule has 0 amide bonds. The van der Waals surface area contributed by atoms with Crippen LogP contribution in [0.3, 0.4) is 0 Å². The largest absolute Gasteiger partial charge is 0.457 e. The van der Waals surface area contributed by atoms with Crippen LogP contribution >= 0.6 is 0 Å². The standard InChI is InChI=1S/C18H18FN3O2/c1-3-17-21-22-18(24-17)12(2)20-14-7-9-15(10-8-14)23-16-6-4-5-13(19)11-16/h4-12,20H,3H2,1-2H3/t12-/m0/s1. The SMILES string of the molecule is CCc1nnc([C@H](C)Nc2ccc(Oc3cccc(F)c3)cc2)o1. The molecule has 0 saturated carbocycles. The van der Waals surface area contributed by atoms with Gasteiger partial charge in [0.1, 0.15) is 23.4 Å². The van der Waals surface area contributed by atoms with Crippen molar-refractivity contribution in [2.45, 2.75) is 26.3 Å². The molecule has 1 N–H and O–H groups in total. The van der Waals surface area contributed by atoms with Crippen molar-refractivity contribution in [3.8, 4) is 11.5 Å². The van der Waals surface area contributed by atoms with E-state index in [9.17, 15) is 4.39 Å². The van der Waals surface area contributed by atoms with E-state index in [2.05, 4.69) is 15.5 Å². The topological polar surface area (TPSA) is 60.2 Å². The van der Waals surface area contributed by atoms with Gasteiger partial charge in [0.05, 0.1) is 0 Å². The Balaban J connectivity index is 1.63. The number of hydrogen-bond acceptors (Lipinski definition) is 5. The quantitative estimate of drug-likeness (QED) is 0.709. The number of nitrogens with zero attached hydrogens (tertiary/aromatic N) is 2. The molecule has 0 aliphatic rings. The lowest BCUT2D eigenvalue weighted by molar-refractivity contribution is 0.439. The molecule has 3 rings (SSSR count). The summed E-state index contributed by atoms with van der Waals surface area (Å²) >= 11 is 0. The van der Waals surface area contributed by atoms with Crippen molar-refractivity contribution in [1.29, 1.82) is 0 Å². The molecule has 24 heavy (non-hydrogen) atoms. The Morgan fingerprint density at radius 2 is 1.92 bits per heavy atom. The number of aromatic nitrogens is 2. The second-order valence-electron chi connectivity index (χ2n) is 5.34. The molecule has 3 aromatic rings. The summed E-state index contributed by atoms with van der Waals surface area (Å²) in [5.74, 6) is 1.93. The predicted octanol–water partition coefficient (Wildman–Crippen LogP) is 4.74. The van der Waals surface area contributed by atoms with E-state index in [0.29, 0.717) is 29.7 Å². The minimum absolute atomic E-state index is 0.104. The fourth-order valence-corrected chi connectivity index (χ4v) is 2.18. The molecular weight excluding hydrogens is 309 g/mol. The third-order valence-electron chi connectivity index (χ3n) is 3.42. The van der Waals surface area contributed by atoms with Gasteiger partial charge in [0.2, 0.25) is 11.8 Å². The highest BCUT2D eigenvalue weighted by Crippen LogP contribution is 2.25. The molecular formula is C18H18FN3O2. The van der Waals surface area contributed by atoms with Gasteiger partial charge in [0.25, 0.3) is 0 Å². The van der Waals surface area contributed by atoms with Gasteiger partial charge in [-0.1, -0.05) is 13.0 Å². The third-order valence-corrected chi connectivity index (χ3v) is 3.42. The zero-order valence-electron chi connectivity index (χ0n) is 13.5. The average molecular weight is 327 g/mol.